The number of piperidine rings is 1. The van der Waals surface area contributed by atoms with Crippen LogP contribution in [0.3, 0.4) is 0 Å². The second-order valence-electron chi connectivity index (χ2n) is 5.52. The van der Waals surface area contributed by atoms with Gasteiger partial charge in [-0.1, -0.05) is 0 Å². The molecule has 5 heteroatoms. The number of carbonyl (C=O) groups is 1. The van der Waals surface area contributed by atoms with E-state index in [9.17, 15) is 4.79 Å². The Kier molecular flexibility index (Phi) is 3.55. The standard InChI is InChI=1S/C14H21N3O2/c1-11-15-5-7-17(11)13-3-2-6-16(9-13)14(18)12-4-8-19-10-12/h5,7,12-13H,2-4,6,8-10H2,1H3/t12-,13+/m0/s1. The van der Waals surface area contributed by atoms with Gasteiger partial charge in [-0.05, 0) is 26.2 Å². The van der Waals surface area contributed by atoms with Gasteiger partial charge >= 0.3 is 0 Å². The molecule has 0 N–H and O–H groups in total. The van der Waals surface area contributed by atoms with Gasteiger partial charge in [-0.25, -0.2) is 4.98 Å². The number of ether oxygens (including phenoxy) is 1. The lowest BCUT2D eigenvalue weighted by atomic mass is 10.0. The van der Waals surface area contributed by atoms with Crippen molar-refractivity contribution in [3.05, 3.63) is 18.2 Å². The summed E-state index contributed by atoms with van der Waals surface area (Å²) in [5.74, 6) is 1.39. The van der Waals surface area contributed by atoms with Gasteiger partial charge < -0.3 is 14.2 Å². The second-order valence-corrected chi connectivity index (χ2v) is 5.52. The summed E-state index contributed by atoms with van der Waals surface area (Å²) in [4.78, 5) is 18.7. The fourth-order valence-corrected chi connectivity index (χ4v) is 3.14. The minimum atomic E-state index is 0.0858. The number of aromatic nitrogens is 2. The lowest BCUT2D eigenvalue weighted by molar-refractivity contribution is -0.137. The zero-order valence-electron chi connectivity index (χ0n) is 11.4. The Morgan fingerprint density at radius 1 is 1.47 bits per heavy atom. The zero-order chi connectivity index (χ0) is 13.2. The van der Waals surface area contributed by atoms with Crippen molar-refractivity contribution in [2.75, 3.05) is 26.3 Å². The van der Waals surface area contributed by atoms with Crippen LogP contribution in [0.1, 0.15) is 31.1 Å². The predicted molar refractivity (Wildman–Crippen MR) is 70.7 cm³/mol. The monoisotopic (exact) mass is 263 g/mol. The van der Waals surface area contributed by atoms with Gasteiger partial charge in [-0.3, -0.25) is 4.79 Å². The summed E-state index contributed by atoms with van der Waals surface area (Å²) in [6, 6.07) is 0.377. The van der Waals surface area contributed by atoms with E-state index in [0.29, 0.717) is 12.6 Å². The van der Waals surface area contributed by atoms with E-state index in [2.05, 4.69) is 9.55 Å². The third kappa shape index (κ3) is 2.52. The van der Waals surface area contributed by atoms with Gasteiger partial charge in [0.05, 0.1) is 18.6 Å². The number of imidazole rings is 1. The summed E-state index contributed by atoms with van der Waals surface area (Å²) in [5, 5.41) is 0. The highest BCUT2D eigenvalue weighted by molar-refractivity contribution is 5.79. The zero-order valence-corrected chi connectivity index (χ0v) is 11.4. The molecule has 1 aromatic heterocycles. The molecule has 0 aliphatic carbocycles. The molecule has 1 aromatic rings. The molecule has 0 saturated carbocycles. The largest absolute Gasteiger partial charge is 0.381 e. The van der Waals surface area contributed by atoms with Crippen molar-refractivity contribution in [1.82, 2.24) is 14.5 Å². The minimum Gasteiger partial charge on any atom is -0.381 e. The summed E-state index contributed by atoms with van der Waals surface area (Å²) in [7, 11) is 0. The number of carbonyl (C=O) groups excluding carboxylic acids is 1. The smallest absolute Gasteiger partial charge is 0.228 e. The molecule has 104 valence electrons. The highest BCUT2D eigenvalue weighted by Gasteiger charge is 2.31. The van der Waals surface area contributed by atoms with Crippen LogP contribution in [-0.4, -0.2) is 46.7 Å². The van der Waals surface area contributed by atoms with Gasteiger partial charge in [0.2, 0.25) is 5.91 Å². The maximum absolute atomic E-state index is 12.4. The van der Waals surface area contributed by atoms with Crippen molar-refractivity contribution < 1.29 is 9.53 Å². The first-order valence-corrected chi connectivity index (χ1v) is 7.11. The molecule has 0 spiro atoms. The number of nitrogens with zero attached hydrogens (tertiary/aromatic N) is 3. The Labute approximate surface area is 113 Å². The topological polar surface area (TPSA) is 47.4 Å². The molecule has 19 heavy (non-hydrogen) atoms. The first-order chi connectivity index (χ1) is 9.25. The molecule has 5 nitrogen and oxygen atoms in total. The molecule has 2 atom stereocenters. The van der Waals surface area contributed by atoms with Gasteiger partial charge in [-0.15, -0.1) is 0 Å². The van der Waals surface area contributed by atoms with E-state index in [1.165, 1.54) is 0 Å². The van der Waals surface area contributed by atoms with Crippen LogP contribution in [0.4, 0.5) is 0 Å². The third-order valence-electron chi connectivity index (χ3n) is 4.24. The Morgan fingerprint density at radius 2 is 2.37 bits per heavy atom. The highest BCUT2D eigenvalue weighted by atomic mass is 16.5. The Bertz CT molecular complexity index is 451. The molecular formula is C14H21N3O2. The highest BCUT2D eigenvalue weighted by Crippen LogP contribution is 2.25. The minimum absolute atomic E-state index is 0.0858. The number of aryl methyl sites for hydroxylation is 1. The van der Waals surface area contributed by atoms with Gasteiger partial charge in [0.15, 0.2) is 0 Å². The first-order valence-electron chi connectivity index (χ1n) is 7.11. The summed E-state index contributed by atoms with van der Waals surface area (Å²) in [6.45, 7) is 5.05. The Morgan fingerprint density at radius 3 is 3.05 bits per heavy atom. The average Bonchev–Trinajstić information content (AvgIpc) is 3.09. The molecule has 2 aliphatic heterocycles. The van der Waals surface area contributed by atoms with Crippen LogP contribution >= 0.6 is 0 Å². The van der Waals surface area contributed by atoms with E-state index >= 15 is 0 Å². The van der Waals surface area contributed by atoms with Gasteiger partial charge in [0.1, 0.15) is 5.82 Å². The molecule has 1 amide bonds. The molecule has 3 heterocycles. The first kappa shape index (κ1) is 12.7. The molecule has 0 unspecified atom stereocenters. The number of hydrogen-bond donors (Lipinski definition) is 0. The van der Waals surface area contributed by atoms with Crippen molar-refractivity contribution in [2.45, 2.75) is 32.2 Å². The van der Waals surface area contributed by atoms with E-state index in [0.717, 1.165) is 44.8 Å². The van der Waals surface area contributed by atoms with Crippen LogP contribution < -0.4 is 0 Å². The number of likely N-dealkylation sites (tertiary alicyclic amines) is 1. The van der Waals surface area contributed by atoms with Crippen LogP contribution in [0.15, 0.2) is 12.4 Å². The lowest BCUT2D eigenvalue weighted by Crippen LogP contribution is -2.43. The maximum atomic E-state index is 12.4. The van der Waals surface area contributed by atoms with Crippen LogP contribution in [0.2, 0.25) is 0 Å². The van der Waals surface area contributed by atoms with Crippen molar-refractivity contribution >= 4 is 5.91 Å². The number of rotatable bonds is 2. The maximum Gasteiger partial charge on any atom is 0.228 e. The van der Waals surface area contributed by atoms with Crippen molar-refractivity contribution in [3.63, 3.8) is 0 Å². The molecule has 2 aliphatic rings. The molecule has 2 fully saturated rings. The quantitative estimate of drug-likeness (QED) is 0.810. The van der Waals surface area contributed by atoms with Gasteiger partial charge in [0, 0.05) is 32.1 Å². The van der Waals surface area contributed by atoms with E-state index in [1.54, 1.807) is 0 Å². The van der Waals surface area contributed by atoms with Crippen molar-refractivity contribution in [2.24, 2.45) is 5.92 Å². The van der Waals surface area contributed by atoms with Crippen LogP contribution in [0, 0.1) is 12.8 Å². The van der Waals surface area contributed by atoms with E-state index in [-0.39, 0.29) is 11.8 Å². The molecule has 0 aromatic carbocycles. The van der Waals surface area contributed by atoms with Crippen LogP contribution in [0.5, 0.6) is 0 Å². The normalized spacial score (nSPS) is 27.7. The second kappa shape index (κ2) is 5.33. The molecule has 0 bridgehead atoms. The van der Waals surface area contributed by atoms with Crippen LogP contribution in [-0.2, 0) is 9.53 Å². The molecule has 3 rings (SSSR count). The summed E-state index contributed by atoms with van der Waals surface area (Å²) >= 11 is 0. The molecule has 0 radical (unpaired) electrons. The SMILES string of the molecule is Cc1nccn1[C@@H]1CCCN(C(=O)[C@H]2CCOC2)C1. The van der Waals surface area contributed by atoms with E-state index in [1.807, 2.05) is 24.2 Å². The average molecular weight is 263 g/mol. The summed E-state index contributed by atoms with van der Waals surface area (Å²) in [6.07, 6.45) is 6.93. The lowest BCUT2D eigenvalue weighted by Gasteiger charge is -2.35. The number of hydrogen-bond acceptors (Lipinski definition) is 3. The van der Waals surface area contributed by atoms with Crippen molar-refractivity contribution in [1.29, 1.82) is 0 Å². The van der Waals surface area contributed by atoms with Gasteiger partial charge in [-0.2, -0.15) is 0 Å². The summed E-state index contributed by atoms with van der Waals surface area (Å²) < 4.78 is 7.52. The van der Waals surface area contributed by atoms with Crippen LogP contribution in [0.25, 0.3) is 0 Å². The third-order valence-corrected chi connectivity index (χ3v) is 4.24. The van der Waals surface area contributed by atoms with Crippen molar-refractivity contribution in [3.8, 4) is 0 Å². The fourth-order valence-electron chi connectivity index (χ4n) is 3.14. The number of amides is 1. The summed E-state index contributed by atoms with van der Waals surface area (Å²) in [5.41, 5.74) is 0. The Hall–Kier alpha value is -1.36. The van der Waals surface area contributed by atoms with E-state index in [4.69, 9.17) is 4.74 Å². The molecular weight excluding hydrogens is 242 g/mol. The fraction of sp³-hybridized carbons (Fsp3) is 0.714. The van der Waals surface area contributed by atoms with Gasteiger partial charge in [0.25, 0.3) is 0 Å². The van der Waals surface area contributed by atoms with E-state index < -0.39 is 0 Å². The Balaban J connectivity index is 1.68. The molecule has 2 saturated heterocycles. The predicted octanol–water partition coefficient (Wildman–Crippen LogP) is 1.39.